The van der Waals surface area contributed by atoms with E-state index in [9.17, 15) is 0 Å². The molecule has 0 N–H and O–H groups in total. The third-order valence-corrected chi connectivity index (χ3v) is 10.6. The van der Waals surface area contributed by atoms with E-state index in [1.165, 1.54) is 60.4 Å². The average Bonchev–Trinajstić information content (AvgIpc) is 3.61. The van der Waals surface area contributed by atoms with E-state index in [4.69, 9.17) is 0 Å². The van der Waals surface area contributed by atoms with Gasteiger partial charge in [0, 0.05) is 33.1 Å². The van der Waals surface area contributed by atoms with Gasteiger partial charge in [0.25, 0.3) is 0 Å². The highest BCUT2D eigenvalue weighted by Gasteiger charge is 2.26. The maximum absolute atomic E-state index is 2.47. The molecule has 2 heteroatoms. The van der Waals surface area contributed by atoms with Gasteiger partial charge in [-0.05, 0) is 81.7 Å². The van der Waals surface area contributed by atoms with Crippen LogP contribution in [0.15, 0.2) is 218 Å². The normalized spacial score (nSPS) is 11.3. The van der Waals surface area contributed by atoms with E-state index in [0.717, 1.165) is 28.3 Å². The number of rotatable bonds is 7. The van der Waals surface area contributed by atoms with Gasteiger partial charge in [-0.2, -0.15) is 0 Å². The van der Waals surface area contributed by atoms with Crippen molar-refractivity contribution in [2.24, 2.45) is 0 Å². The lowest BCUT2D eigenvalue weighted by Gasteiger charge is -2.29. The number of hydrogen-bond donors (Lipinski definition) is 0. The van der Waals surface area contributed by atoms with E-state index in [1.807, 2.05) is 0 Å². The molecule has 0 aliphatic carbocycles. The van der Waals surface area contributed by atoms with Crippen molar-refractivity contribution in [1.82, 2.24) is 4.57 Å². The van der Waals surface area contributed by atoms with Crippen LogP contribution in [0.25, 0.3) is 71.6 Å². The van der Waals surface area contributed by atoms with E-state index < -0.39 is 0 Å². The molecule has 0 saturated heterocycles. The van der Waals surface area contributed by atoms with E-state index in [1.54, 1.807) is 0 Å². The van der Waals surface area contributed by atoms with Gasteiger partial charge in [-0.1, -0.05) is 170 Å². The van der Waals surface area contributed by atoms with Crippen LogP contribution in [0.4, 0.5) is 17.1 Å². The van der Waals surface area contributed by atoms with Gasteiger partial charge >= 0.3 is 0 Å². The van der Waals surface area contributed by atoms with Gasteiger partial charge in [0.2, 0.25) is 0 Å². The van der Waals surface area contributed by atoms with Crippen molar-refractivity contribution in [2.45, 2.75) is 0 Å². The second-order valence-electron chi connectivity index (χ2n) is 13.7. The summed E-state index contributed by atoms with van der Waals surface area (Å²) in [6.07, 6.45) is 0. The highest BCUT2D eigenvalue weighted by Crippen LogP contribution is 2.50. The molecule has 0 aliphatic heterocycles. The molecule has 2 nitrogen and oxygen atoms in total. The molecule has 54 heavy (non-hydrogen) atoms. The van der Waals surface area contributed by atoms with Crippen LogP contribution >= 0.6 is 0 Å². The molecule has 1 aromatic heterocycles. The predicted octanol–water partition coefficient (Wildman–Crippen LogP) is 14.4. The quantitative estimate of drug-likeness (QED) is 0.162. The number of fused-ring (bicyclic) bond motifs is 5. The molecular formula is C52H36N2. The number of anilines is 3. The Hall–Kier alpha value is -7.16. The fraction of sp³-hybridized carbons (Fsp3) is 0. The second-order valence-corrected chi connectivity index (χ2v) is 13.7. The SMILES string of the molecule is c1ccc(-c2ccc(N(c3ccccc3-c3ccccc3)c3cccc4c3c3c(-c5ccccc5)cc5ccccc5c3n4-c3ccccc3)cc2)cc1. The minimum Gasteiger partial charge on any atom is -0.309 e. The molecule has 0 atom stereocenters. The van der Waals surface area contributed by atoms with E-state index in [-0.39, 0.29) is 0 Å². The van der Waals surface area contributed by atoms with Crippen molar-refractivity contribution < 1.29 is 0 Å². The maximum Gasteiger partial charge on any atom is 0.0626 e. The largest absolute Gasteiger partial charge is 0.309 e. The molecule has 0 aliphatic rings. The standard InChI is InChI=1S/C52H36N2/c1-5-18-37(19-6-1)38-32-34-43(35-33-38)53(47-29-16-15-27-44(47)39-20-7-2-8-21-39)48-30-17-31-49-51(48)50-46(40-22-9-3-10-23-40)36-41-24-13-14-28-45(41)52(50)54(49)42-25-11-4-12-26-42/h1-36H. The lowest BCUT2D eigenvalue weighted by atomic mass is 9.94. The molecule has 9 aromatic carbocycles. The van der Waals surface area contributed by atoms with E-state index in [0.29, 0.717) is 0 Å². The Balaban J connectivity index is 1.35. The molecule has 10 rings (SSSR count). The lowest BCUT2D eigenvalue weighted by Crippen LogP contribution is -2.11. The van der Waals surface area contributed by atoms with E-state index >= 15 is 0 Å². The van der Waals surface area contributed by atoms with Crippen LogP contribution in [0.1, 0.15) is 0 Å². The Morgan fingerprint density at radius 1 is 0.352 bits per heavy atom. The van der Waals surface area contributed by atoms with Gasteiger partial charge in [0.15, 0.2) is 0 Å². The van der Waals surface area contributed by atoms with Crippen molar-refractivity contribution in [3.63, 3.8) is 0 Å². The summed E-state index contributed by atoms with van der Waals surface area (Å²) in [5, 5.41) is 4.88. The highest BCUT2D eigenvalue weighted by atomic mass is 15.2. The summed E-state index contributed by atoms with van der Waals surface area (Å²) in [5.74, 6) is 0. The summed E-state index contributed by atoms with van der Waals surface area (Å²) in [4.78, 5) is 2.47. The van der Waals surface area contributed by atoms with Crippen LogP contribution in [-0.4, -0.2) is 4.57 Å². The number of benzene rings is 9. The van der Waals surface area contributed by atoms with Gasteiger partial charge in [0.1, 0.15) is 0 Å². The van der Waals surface area contributed by atoms with Crippen molar-refractivity contribution >= 4 is 49.6 Å². The highest BCUT2D eigenvalue weighted by molar-refractivity contribution is 6.27. The Morgan fingerprint density at radius 2 is 0.889 bits per heavy atom. The summed E-state index contributed by atoms with van der Waals surface area (Å²) < 4.78 is 2.47. The van der Waals surface area contributed by atoms with Crippen molar-refractivity contribution in [3.05, 3.63) is 218 Å². The minimum atomic E-state index is 1.09. The number of aromatic nitrogens is 1. The van der Waals surface area contributed by atoms with Crippen LogP contribution < -0.4 is 4.90 Å². The van der Waals surface area contributed by atoms with Crippen LogP contribution in [0.2, 0.25) is 0 Å². The van der Waals surface area contributed by atoms with Crippen LogP contribution in [0, 0.1) is 0 Å². The van der Waals surface area contributed by atoms with Gasteiger partial charge in [-0.3, -0.25) is 0 Å². The Bertz CT molecular complexity index is 2890. The molecule has 0 spiro atoms. The van der Waals surface area contributed by atoms with E-state index in [2.05, 4.69) is 228 Å². The van der Waals surface area contributed by atoms with Crippen LogP contribution in [0.5, 0.6) is 0 Å². The molecule has 254 valence electrons. The number of para-hydroxylation sites is 2. The second kappa shape index (κ2) is 13.4. The molecule has 0 bridgehead atoms. The van der Waals surface area contributed by atoms with Crippen molar-refractivity contribution in [2.75, 3.05) is 4.90 Å². The van der Waals surface area contributed by atoms with Gasteiger partial charge < -0.3 is 9.47 Å². The number of nitrogens with zero attached hydrogens (tertiary/aromatic N) is 2. The summed E-state index contributed by atoms with van der Waals surface area (Å²) in [6, 6.07) is 78.9. The average molecular weight is 689 g/mol. The number of hydrogen-bond acceptors (Lipinski definition) is 1. The Labute approximate surface area is 315 Å². The minimum absolute atomic E-state index is 1.09. The first kappa shape index (κ1) is 31.6. The van der Waals surface area contributed by atoms with Gasteiger partial charge in [-0.15, -0.1) is 0 Å². The molecule has 1 heterocycles. The Kier molecular flexibility index (Phi) is 7.85. The zero-order chi connectivity index (χ0) is 35.8. The summed E-state index contributed by atoms with van der Waals surface area (Å²) >= 11 is 0. The third-order valence-electron chi connectivity index (χ3n) is 10.6. The first-order valence-corrected chi connectivity index (χ1v) is 18.5. The fourth-order valence-electron chi connectivity index (χ4n) is 8.15. The zero-order valence-corrected chi connectivity index (χ0v) is 29.7. The molecule has 0 unspecified atom stereocenters. The monoisotopic (exact) mass is 688 g/mol. The Morgan fingerprint density at radius 3 is 1.59 bits per heavy atom. The maximum atomic E-state index is 2.47. The molecule has 0 amide bonds. The molecular weight excluding hydrogens is 653 g/mol. The smallest absolute Gasteiger partial charge is 0.0626 e. The fourth-order valence-corrected chi connectivity index (χ4v) is 8.15. The molecule has 10 aromatic rings. The van der Waals surface area contributed by atoms with Gasteiger partial charge in [-0.25, -0.2) is 0 Å². The van der Waals surface area contributed by atoms with Crippen molar-refractivity contribution in [1.29, 1.82) is 0 Å². The molecule has 0 saturated carbocycles. The summed E-state index contributed by atoms with van der Waals surface area (Å²) in [6.45, 7) is 0. The summed E-state index contributed by atoms with van der Waals surface area (Å²) in [5.41, 5.74) is 14.0. The topological polar surface area (TPSA) is 8.17 Å². The first-order valence-electron chi connectivity index (χ1n) is 18.5. The lowest BCUT2D eigenvalue weighted by molar-refractivity contribution is 1.18. The third kappa shape index (κ3) is 5.36. The van der Waals surface area contributed by atoms with Gasteiger partial charge in [0.05, 0.1) is 22.4 Å². The zero-order valence-electron chi connectivity index (χ0n) is 29.7. The predicted molar refractivity (Wildman–Crippen MR) is 229 cm³/mol. The van der Waals surface area contributed by atoms with Crippen LogP contribution in [0.3, 0.4) is 0 Å². The van der Waals surface area contributed by atoms with Crippen LogP contribution in [-0.2, 0) is 0 Å². The van der Waals surface area contributed by atoms with Crippen molar-refractivity contribution in [3.8, 4) is 39.1 Å². The first-order chi connectivity index (χ1) is 26.8. The molecule has 0 radical (unpaired) electrons. The summed E-state index contributed by atoms with van der Waals surface area (Å²) in [7, 11) is 0. The molecule has 0 fully saturated rings.